The predicted octanol–water partition coefficient (Wildman–Crippen LogP) is -0.589. The molecule has 0 radical (unpaired) electrons. The van der Waals surface area contributed by atoms with Crippen molar-refractivity contribution in [3.8, 4) is 0 Å². The number of nitrogens with zero attached hydrogens (tertiary/aromatic N) is 5. The summed E-state index contributed by atoms with van der Waals surface area (Å²) in [7, 11) is 1.73. The van der Waals surface area contributed by atoms with Crippen LogP contribution in [-0.4, -0.2) is 66.7 Å². The van der Waals surface area contributed by atoms with E-state index in [0.717, 1.165) is 18.5 Å². The summed E-state index contributed by atoms with van der Waals surface area (Å²) in [6.45, 7) is 0.728. The average molecular weight is 338 g/mol. The lowest BCUT2D eigenvalue weighted by molar-refractivity contribution is -0.152. The molecule has 23 heavy (non-hydrogen) atoms. The minimum Gasteiger partial charge on any atom is -0.449 e. The number of hydrogen-bond donors (Lipinski definition) is 2. The van der Waals surface area contributed by atoms with Crippen molar-refractivity contribution in [3.63, 3.8) is 0 Å². The second kappa shape index (κ2) is 5.20. The lowest BCUT2D eigenvalue weighted by Crippen LogP contribution is -2.71. The van der Waals surface area contributed by atoms with Crippen molar-refractivity contribution in [2.45, 2.75) is 23.7 Å². The minimum atomic E-state index is -1.41. The molecule has 1 amide bonds. The highest BCUT2D eigenvalue weighted by atomic mass is 32.2. The Bertz CT molecular complexity index is 718. The van der Waals surface area contributed by atoms with Gasteiger partial charge in [-0.05, 0) is 23.4 Å². The van der Waals surface area contributed by atoms with Gasteiger partial charge in [-0.2, -0.15) is 0 Å². The Morgan fingerprint density at radius 1 is 1.57 bits per heavy atom. The van der Waals surface area contributed by atoms with Gasteiger partial charge >= 0.3 is 6.16 Å². The van der Waals surface area contributed by atoms with Gasteiger partial charge in [0.25, 0.3) is 0 Å². The van der Waals surface area contributed by atoms with Crippen LogP contribution < -0.4 is 5.32 Å². The number of rotatable bonds is 4. The highest BCUT2D eigenvalue weighted by molar-refractivity contribution is 7.99. The Labute approximate surface area is 134 Å². The summed E-state index contributed by atoms with van der Waals surface area (Å²) in [5.41, 5.74) is 0.836. The second-order valence-electron chi connectivity index (χ2n) is 5.60. The first-order chi connectivity index (χ1) is 11.1. The van der Waals surface area contributed by atoms with Gasteiger partial charge in [0.05, 0.1) is 6.04 Å². The molecule has 2 N–H and O–H groups in total. The van der Waals surface area contributed by atoms with E-state index in [4.69, 9.17) is 9.84 Å². The van der Waals surface area contributed by atoms with E-state index >= 15 is 0 Å². The molecule has 4 heterocycles. The zero-order chi connectivity index (χ0) is 16.1. The number of ether oxygens (including phenoxy) is 1. The van der Waals surface area contributed by atoms with Crippen LogP contribution in [0.15, 0.2) is 16.6 Å². The van der Waals surface area contributed by atoms with Crippen LogP contribution >= 0.6 is 11.8 Å². The monoisotopic (exact) mass is 338 g/mol. The highest BCUT2D eigenvalue weighted by Gasteiger charge is 2.60. The summed E-state index contributed by atoms with van der Waals surface area (Å²) in [4.78, 5) is 24.7. The van der Waals surface area contributed by atoms with Gasteiger partial charge in [-0.3, -0.25) is 9.69 Å². The fourth-order valence-corrected chi connectivity index (χ4v) is 4.42. The van der Waals surface area contributed by atoms with Crippen LogP contribution in [0.5, 0.6) is 0 Å². The number of thioether (sulfide) groups is 1. The molecule has 0 spiro atoms. The Balaban J connectivity index is 1.63. The van der Waals surface area contributed by atoms with Crippen molar-refractivity contribution in [1.82, 2.24) is 30.4 Å². The molecule has 3 aliphatic heterocycles. The number of piperidine rings is 1. The largest absolute Gasteiger partial charge is 0.512 e. The molecule has 2 fully saturated rings. The van der Waals surface area contributed by atoms with Crippen molar-refractivity contribution in [2.24, 2.45) is 13.0 Å². The zero-order valence-corrected chi connectivity index (χ0v) is 13.0. The smallest absolute Gasteiger partial charge is 0.449 e. The van der Waals surface area contributed by atoms with Gasteiger partial charge in [-0.1, -0.05) is 11.8 Å². The molecule has 0 aromatic carbocycles. The van der Waals surface area contributed by atoms with Gasteiger partial charge in [-0.25, -0.2) is 9.48 Å². The van der Waals surface area contributed by atoms with E-state index in [-0.39, 0.29) is 29.8 Å². The van der Waals surface area contributed by atoms with Crippen LogP contribution in [0.25, 0.3) is 0 Å². The number of aromatic nitrogens is 4. The van der Waals surface area contributed by atoms with Crippen LogP contribution in [0.2, 0.25) is 0 Å². The third kappa shape index (κ3) is 2.10. The third-order valence-corrected chi connectivity index (χ3v) is 5.50. The second-order valence-corrected chi connectivity index (χ2v) is 6.54. The molecular weight excluding hydrogens is 324 g/mol. The minimum absolute atomic E-state index is 0.0428. The van der Waals surface area contributed by atoms with Crippen molar-refractivity contribution in [3.05, 3.63) is 11.5 Å². The summed E-state index contributed by atoms with van der Waals surface area (Å²) in [5, 5.41) is 24.0. The van der Waals surface area contributed by atoms with E-state index < -0.39 is 6.16 Å². The van der Waals surface area contributed by atoms with Gasteiger partial charge in [0.1, 0.15) is 6.04 Å². The molecule has 10 nitrogen and oxygen atoms in total. The molecule has 0 bridgehead atoms. The standard InChI is InChI=1S/C12H14N6O4S/c1-17-11(14-15-16-17)23-4-6-5-2-3-13-7-8(5)18(9(7)19)10(6)22-12(20)21/h5,7-8,13H,2-4H2,1H3,(H,20,21)/t5?,7-,8+/m0/s1. The van der Waals surface area contributed by atoms with Crippen molar-refractivity contribution in [1.29, 1.82) is 0 Å². The maximum atomic E-state index is 12.2. The van der Waals surface area contributed by atoms with Crippen molar-refractivity contribution in [2.75, 3.05) is 12.3 Å². The Hall–Kier alpha value is -2.14. The first-order valence-electron chi connectivity index (χ1n) is 7.13. The Kier molecular flexibility index (Phi) is 3.27. The lowest BCUT2D eigenvalue weighted by atomic mass is 9.80. The van der Waals surface area contributed by atoms with Crippen LogP contribution in [0.4, 0.5) is 4.79 Å². The number of amides is 1. The summed E-state index contributed by atoms with van der Waals surface area (Å²) >= 11 is 1.40. The summed E-state index contributed by atoms with van der Waals surface area (Å²) in [6.07, 6.45) is -0.574. The van der Waals surface area contributed by atoms with Crippen LogP contribution in [0.3, 0.4) is 0 Å². The fourth-order valence-electron chi connectivity index (χ4n) is 3.48. The maximum Gasteiger partial charge on any atom is 0.512 e. The molecule has 122 valence electrons. The maximum absolute atomic E-state index is 12.2. The quantitative estimate of drug-likeness (QED) is 0.421. The van der Waals surface area contributed by atoms with E-state index in [2.05, 4.69) is 20.8 Å². The first kappa shape index (κ1) is 14.5. The number of nitrogens with one attached hydrogen (secondary N) is 1. The van der Waals surface area contributed by atoms with Crippen LogP contribution in [-0.2, 0) is 16.6 Å². The van der Waals surface area contributed by atoms with Gasteiger partial charge in [0.2, 0.25) is 16.9 Å². The van der Waals surface area contributed by atoms with Crippen LogP contribution in [0.1, 0.15) is 6.42 Å². The van der Waals surface area contributed by atoms with E-state index in [1.807, 2.05) is 0 Å². The van der Waals surface area contributed by atoms with Crippen LogP contribution in [0, 0.1) is 5.92 Å². The highest BCUT2D eigenvalue weighted by Crippen LogP contribution is 2.47. The Morgan fingerprint density at radius 3 is 3.09 bits per heavy atom. The normalized spacial score (nSPS) is 28.7. The first-order valence-corrected chi connectivity index (χ1v) is 8.12. The number of hydrogen-bond acceptors (Lipinski definition) is 8. The van der Waals surface area contributed by atoms with Gasteiger partial charge in [0.15, 0.2) is 0 Å². The molecule has 3 aliphatic rings. The number of carbonyl (C=O) groups is 2. The van der Waals surface area contributed by atoms with E-state index in [1.54, 1.807) is 11.7 Å². The average Bonchev–Trinajstić information content (AvgIpc) is 3.04. The topological polar surface area (TPSA) is 122 Å². The molecule has 11 heteroatoms. The van der Waals surface area contributed by atoms with E-state index in [9.17, 15) is 9.59 Å². The number of β-lactam (4-membered cyclic amide) rings is 1. The fraction of sp³-hybridized carbons (Fsp3) is 0.583. The molecule has 2 saturated heterocycles. The van der Waals surface area contributed by atoms with Gasteiger partial charge in [0, 0.05) is 24.3 Å². The number of aryl methyl sites for hydroxylation is 1. The molecule has 1 unspecified atom stereocenters. The summed E-state index contributed by atoms with van der Waals surface area (Å²) < 4.78 is 6.48. The summed E-state index contributed by atoms with van der Waals surface area (Å²) in [5.74, 6) is 0.632. The summed E-state index contributed by atoms with van der Waals surface area (Å²) in [6, 6.07) is -0.279. The SMILES string of the molecule is Cn1nnnc1SCC1=C(OC(=O)O)N2C(=O)[C@H]3NCCC1[C@H]32. The van der Waals surface area contributed by atoms with Gasteiger partial charge < -0.3 is 15.2 Å². The zero-order valence-electron chi connectivity index (χ0n) is 12.2. The molecular formula is C12H14N6O4S. The van der Waals surface area contributed by atoms with Crippen molar-refractivity contribution < 1.29 is 19.4 Å². The molecule has 1 aromatic heterocycles. The van der Waals surface area contributed by atoms with E-state index in [0.29, 0.717) is 10.9 Å². The number of carbonyl (C=O) groups excluding carboxylic acids is 1. The van der Waals surface area contributed by atoms with Gasteiger partial charge in [-0.15, -0.1) is 5.10 Å². The molecule has 0 aliphatic carbocycles. The predicted molar refractivity (Wildman–Crippen MR) is 76.2 cm³/mol. The molecule has 4 rings (SSSR count). The van der Waals surface area contributed by atoms with Crippen molar-refractivity contribution >= 4 is 23.8 Å². The number of carboxylic acid groups (broad SMARTS) is 1. The Morgan fingerprint density at radius 2 is 2.39 bits per heavy atom. The molecule has 3 atom stereocenters. The van der Waals surface area contributed by atoms with E-state index in [1.165, 1.54) is 16.7 Å². The third-order valence-electron chi connectivity index (χ3n) is 4.44. The molecule has 0 saturated carbocycles. The molecule has 1 aromatic rings. The number of tetrazole rings is 1. The lowest BCUT2D eigenvalue weighted by Gasteiger charge is -2.48.